The van der Waals surface area contributed by atoms with Crippen molar-refractivity contribution < 1.29 is 4.74 Å². The van der Waals surface area contributed by atoms with Crippen LogP contribution in [0.3, 0.4) is 0 Å². The number of rotatable bonds is 5. The van der Waals surface area contributed by atoms with Crippen molar-refractivity contribution in [2.75, 3.05) is 12.4 Å². The maximum absolute atomic E-state index is 12.2. The number of nitrogens with zero attached hydrogens (tertiary/aromatic N) is 2. The summed E-state index contributed by atoms with van der Waals surface area (Å²) in [5, 5.41) is 3.28. The molecule has 5 heteroatoms. The zero-order valence-corrected chi connectivity index (χ0v) is 12.1. The van der Waals surface area contributed by atoms with Gasteiger partial charge < -0.3 is 14.6 Å². The van der Waals surface area contributed by atoms with E-state index in [-0.39, 0.29) is 23.1 Å². The fraction of sp³-hybridized carbons (Fsp3) is 0.714. The molecule has 1 aromatic rings. The zero-order valence-electron chi connectivity index (χ0n) is 12.1. The van der Waals surface area contributed by atoms with Crippen molar-refractivity contribution in [2.45, 2.75) is 52.3 Å². The molecule has 0 bridgehead atoms. The van der Waals surface area contributed by atoms with Gasteiger partial charge >= 0.3 is 0 Å². The molecule has 1 aromatic heterocycles. The lowest BCUT2D eigenvalue weighted by Gasteiger charge is -2.51. The Balaban J connectivity index is 2.13. The van der Waals surface area contributed by atoms with E-state index in [1.54, 1.807) is 24.1 Å². The van der Waals surface area contributed by atoms with Crippen molar-refractivity contribution in [1.29, 1.82) is 0 Å². The third-order valence-electron chi connectivity index (χ3n) is 4.15. The lowest BCUT2D eigenvalue weighted by molar-refractivity contribution is -0.0796. The average Bonchev–Trinajstić information content (AvgIpc) is 2.38. The summed E-state index contributed by atoms with van der Waals surface area (Å²) in [6.07, 6.45) is 5.50. The van der Waals surface area contributed by atoms with Gasteiger partial charge in [-0.05, 0) is 12.8 Å². The van der Waals surface area contributed by atoms with Crippen molar-refractivity contribution in [3.63, 3.8) is 0 Å². The van der Waals surface area contributed by atoms with Gasteiger partial charge in [0.1, 0.15) is 0 Å². The largest absolute Gasteiger partial charge is 0.381 e. The Hall–Kier alpha value is -1.36. The number of anilines is 1. The second-order valence-electron chi connectivity index (χ2n) is 5.75. The molecule has 19 heavy (non-hydrogen) atoms. The van der Waals surface area contributed by atoms with Crippen LogP contribution >= 0.6 is 0 Å². The van der Waals surface area contributed by atoms with Gasteiger partial charge in [-0.15, -0.1) is 0 Å². The molecule has 0 amide bonds. The second kappa shape index (κ2) is 5.33. The van der Waals surface area contributed by atoms with Crippen LogP contribution in [0.1, 0.15) is 33.6 Å². The van der Waals surface area contributed by atoms with Gasteiger partial charge in [0.05, 0.1) is 6.10 Å². The van der Waals surface area contributed by atoms with E-state index < -0.39 is 0 Å². The maximum atomic E-state index is 12.2. The SMILES string of the molecule is CCCn1ccnc(NC2CC(OC)C2(C)C)c1=O. The quantitative estimate of drug-likeness (QED) is 0.883. The van der Waals surface area contributed by atoms with Gasteiger partial charge in [0.25, 0.3) is 5.56 Å². The third kappa shape index (κ3) is 2.52. The van der Waals surface area contributed by atoms with E-state index in [1.165, 1.54) is 0 Å². The van der Waals surface area contributed by atoms with Gasteiger partial charge in [0.15, 0.2) is 5.82 Å². The van der Waals surface area contributed by atoms with Crippen LogP contribution in [-0.2, 0) is 11.3 Å². The minimum Gasteiger partial charge on any atom is -0.381 e. The lowest BCUT2D eigenvalue weighted by atomic mass is 9.64. The van der Waals surface area contributed by atoms with Crippen LogP contribution < -0.4 is 10.9 Å². The maximum Gasteiger partial charge on any atom is 0.293 e. The van der Waals surface area contributed by atoms with Gasteiger partial charge in [0, 0.05) is 37.5 Å². The normalized spacial score (nSPS) is 24.8. The Bertz CT molecular complexity index is 496. The lowest BCUT2D eigenvalue weighted by Crippen LogP contribution is -2.58. The molecule has 1 N–H and O–H groups in total. The van der Waals surface area contributed by atoms with Crippen LogP contribution in [0.2, 0.25) is 0 Å². The Labute approximate surface area is 114 Å². The summed E-state index contributed by atoms with van der Waals surface area (Å²) in [7, 11) is 1.73. The minimum atomic E-state index is -0.0407. The Kier molecular flexibility index (Phi) is 3.94. The summed E-state index contributed by atoms with van der Waals surface area (Å²) in [6, 6.07) is 0.232. The fourth-order valence-corrected chi connectivity index (χ4v) is 2.66. The first-order chi connectivity index (χ1) is 9.00. The van der Waals surface area contributed by atoms with Crippen LogP contribution in [0, 0.1) is 5.41 Å². The van der Waals surface area contributed by atoms with Gasteiger partial charge in [-0.3, -0.25) is 4.79 Å². The van der Waals surface area contributed by atoms with E-state index in [9.17, 15) is 4.79 Å². The molecule has 0 aliphatic heterocycles. The minimum absolute atomic E-state index is 0.0221. The highest BCUT2D eigenvalue weighted by Crippen LogP contribution is 2.43. The number of aromatic nitrogens is 2. The van der Waals surface area contributed by atoms with Crippen molar-refractivity contribution >= 4 is 5.82 Å². The highest BCUT2D eigenvalue weighted by Gasteiger charge is 2.48. The molecule has 2 rings (SSSR count). The predicted molar refractivity (Wildman–Crippen MR) is 75.4 cm³/mol. The Morgan fingerprint density at radius 3 is 2.89 bits per heavy atom. The topological polar surface area (TPSA) is 56.1 Å². The van der Waals surface area contributed by atoms with Crippen molar-refractivity contribution in [3.05, 3.63) is 22.7 Å². The number of hydrogen-bond donors (Lipinski definition) is 1. The molecule has 1 saturated carbocycles. The van der Waals surface area contributed by atoms with Crippen LogP contribution in [-0.4, -0.2) is 28.8 Å². The molecule has 2 atom stereocenters. The van der Waals surface area contributed by atoms with Crippen molar-refractivity contribution in [2.24, 2.45) is 5.41 Å². The number of ether oxygens (including phenoxy) is 1. The summed E-state index contributed by atoms with van der Waals surface area (Å²) in [5.41, 5.74) is -0.0186. The monoisotopic (exact) mass is 265 g/mol. The van der Waals surface area contributed by atoms with Gasteiger partial charge in [-0.1, -0.05) is 20.8 Å². The van der Waals surface area contributed by atoms with Crippen LogP contribution in [0.5, 0.6) is 0 Å². The summed E-state index contributed by atoms with van der Waals surface area (Å²) < 4.78 is 7.12. The summed E-state index contributed by atoms with van der Waals surface area (Å²) in [5.74, 6) is 0.448. The standard InChI is InChI=1S/C14H23N3O2/c1-5-7-17-8-6-15-12(13(17)18)16-10-9-11(19-4)14(10,2)3/h6,8,10-11H,5,7,9H2,1-4H3,(H,15,16). The third-order valence-corrected chi connectivity index (χ3v) is 4.15. The predicted octanol–water partition coefficient (Wildman–Crippen LogP) is 1.88. The van der Waals surface area contributed by atoms with Gasteiger partial charge in [-0.25, -0.2) is 4.98 Å². The molecule has 0 spiro atoms. The van der Waals surface area contributed by atoms with Gasteiger partial charge in [0.2, 0.25) is 0 Å². The molecule has 1 aliphatic carbocycles. The van der Waals surface area contributed by atoms with E-state index in [1.807, 2.05) is 0 Å². The molecule has 1 aliphatic rings. The Morgan fingerprint density at radius 1 is 1.58 bits per heavy atom. The highest BCUT2D eigenvalue weighted by molar-refractivity contribution is 5.35. The fourth-order valence-electron chi connectivity index (χ4n) is 2.66. The second-order valence-corrected chi connectivity index (χ2v) is 5.75. The number of aryl methyl sites for hydroxylation is 1. The van der Waals surface area contributed by atoms with E-state index in [4.69, 9.17) is 4.74 Å². The van der Waals surface area contributed by atoms with Gasteiger partial charge in [-0.2, -0.15) is 0 Å². The number of hydrogen-bond acceptors (Lipinski definition) is 4. The molecule has 0 radical (unpaired) electrons. The zero-order chi connectivity index (χ0) is 14.0. The number of methoxy groups -OCH3 is 1. The van der Waals surface area contributed by atoms with E-state index in [2.05, 4.69) is 31.1 Å². The molecular formula is C14H23N3O2. The van der Waals surface area contributed by atoms with Crippen molar-refractivity contribution in [1.82, 2.24) is 9.55 Å². The Morgan fingerprint density at radius 2 is 2.32 bits per heavy atom. The molecule has 0 aromatic carbocycles. The molecule has 1 heterocycles. The first-order valence-corrected chi connectivity index (χ1v) is 6.85. The summed E-state index contributed by atoms with van der Waals surface area (Å²) >= 11 is 0. The number of nitrogens with one attached hydrogen (secondary N) is 1. The molecule has 0 saturated heterocycles. The van der Waals surface area contributed by atoms with Crippen LogP contribution in [0.15, 0.2) is 17.2 Å². The van der Waals surface area contributed by atoms with Crippen molar-refractivity contribution in [3.8, 4) is 0 Å². The van der Waals surface area contributed by atoms with E-state index in [0.717, 1.165) is 19.4 Å². The molecule has 2 unspecified atom stereocenters. The molecular weight excluding hydrogens is 242 g/mol. The smallest absolute Gasteiger partial charge is 0.293 e. The van der Waals surface area contributed by atoms with E-state index >= 15 is 0 Å². The highest BCUT2D eigenvalue weighted by atomic mass is 16.5. The van der Waals surface area contributed by atoms with Crippen LogP contribution in [0.4, 0.5) is 5.82 Å². The molecule has 1 fully saturated rings. The summed E-state index contributed by atoms with van der Waals surface area (Å²) in [6.45, 7) is 7.08. The molecule has 5 nitrogen and oxygen atoms in total. The first-order valence-electron chi connectivity index (χ1n) is 6.85. The summed E-state index contributed by atoms with van der Waals surface area (Å²) in [4.78, 5) is 16.4. The first kappa shape index (κ1) is 14.1. The van der Waals surface area contributed by atoms with Crippen LogP contribution in [0.25, 0.3) is 0 Å². The molecule has 106 valence electrons. The average molecular weight is 265 g/mol. The van der Waals surface area contributed by atoms with E-state index in [0.29, 0.717) is 5.82 Å².